The first kappa shape index (κ1) is 10.8. The van der Waals surface area contributed by atoms with Gasteiger partial charge in [-0.2, -0.15) is 0 Å². The standard InChI is InChI=1S/C8H16NOP/c1-3-5-6-8-9(11-10)7-4-2/h4H,2-3,5-8H2,1H3. The highest BCUT2D eigenvalue weighted by Crippen LogP contribution is 2.07. The zero-order valence-corrected chi connectivity index (χ0v) is 8.02. The summed E-state index contributed by atoms with van der Waals surface area (Å²) in [5.41, 5.74) is 0. The average molecular weight is 173 g/mol. The van der Waals surface area contributed by atoms with Crippen LogP contribution in [-0.2, 0) is 4.57 Å². The predicted octanol–water partition coefficient (Wildman–Crippen LogP) is 2.87. The van der Waals surface area contributed by atoms with E-state index in [1.807, 2.05) is 4.67 Å². The van der Waals surface area contributed by atoms with Gasteiger partial charge in [0.05, 0.1) is 0 Å². The third-order valence-electron chi connectivity index (χ3n) is 1.48. The molecule has 0 aliphatic carbocycles. The summed E-state index contributed by atoms with van der Waals surface area (Å²) in [6.45, 7) is 7.38. The molecule has 0 aromatic heterocycles. The van der Waals surface area contributed by atoms with Crippen LogP contribution in [0, 0.1) is 0 Å². The van der Waals surface area contributed by atoms with E-state index in [1.54, 1.807) is 6.08 Å². The number of hydrogen-bond acceptors (Lipinski definition) is 1. The summed E-state index contributed by atoms with van der Waals surface area (Å²) in [4.78, 5) is 0. The highest BCUT2D eigenvalue weighted by Gasteiger charge is 1.99. The van der Waals surface area contributed by atoms with Gasteiger partial charge in [-0.25, -0.2) is 4.67 Å². The van der Waals surface area contributed by atoms with E-state index in [0.717, 1.165) is 19.5 Å². The van der Waals surface area contributed by atoms with Crippen molar-refractivity contribution in [2.24, 2.45) is 0 Å². The van der Waals surface area contributed by atoms with E-state index >= 15 is 0 Å². The van der Waals surface area contributed by atoms with Gasteiger partial charge in [-0.1, -0.05) is 25.8 Å². The summed E-state index contributed by atoms with van der Waals surface area (Å²) in [5, 5.41) is 0. The molecule has 64 valence electrons. The van der Waals surface area contributed by atoms with Crippen LogP contribution in [0.2, 0.25) is 0 Å². The van der Waals surface area contributed by atoms with Crippen LogP contribution in [0.5, 0.6) is 0 Å². The van der Waals surface area contributed by atoms with Gasteiger partial charge >= 0.3 is 0 Å². The molecule has 2 nitrogen and oxygen atoms in total. The molecule has 0 spiro atoms. The monoisotopic (exact) mass is 173 g/mol. The SMILES string of the molecule is C=CCN(CCCCC)P=O. The first-order valence-electron chi connectivity index (χ1n) is 4.04. The van der Waals surface area contributed by atoms with Gasteiger partial charge in [0.1, 0.15) is 0 Å². The minimum absolute atomic E-state index is 0.118. The average Bonchev–Trinajstić information content (AvgIpc) is 2.03. The highest BCUT2D eigenvalue weighted by molar-refractivity contribution is 7.20. The normalized spacial score (nSPS) is 10.7. The second-order valence-corrected chi connectivity index (χ2v) is 3.22. The second kappa shape index (κ2) is 7.90. The molecule has 0 aromatic carbocycles. The first-order valence-corrected chi connectivity index (χ1v) is 4.80. The van der Waals surface area contributed by atoms with E-state index in [0.29, 0.717) is 0 Å². The van der Waals surface area contributed by atoms with Crippen molar-refractivity contribution in [3.8, 4) is 0 Å². The fourth-order valence-corrected chi connectivity index (χ4v) is 1.26. The Balaban J connectivity index is 3.35. The number of unbranched alkanes of at least 4 members (excludes halogenated alkanes) is 2. The lowest BCUT2D eigenvalue weighted by Crippen LogP contribution is -2.13. The fourth-order valence-electron chi connectivity index (χ4n) is 0.859. The Kier molecular flexibility index (Phi) is 7.76. The van der Waals surface area contributed by atoms with Crippen LogP contribution >= 0.6 is 8.61 Å². The molecule has 0 saturated heterocycles. The van der Waals surface area contributed by atoms with Gasteiger partial charge in [0, 0.05) is 13.1 Å². The van der Waals surface area contributed by atoms with Gasteiger partial charge in [-0.3, -0.25) is 4.57 Å². The lowest BCUT2D eigenvalue weighted by molar-refractivity contribution is 0.454. The summed E-state index contributed by atoms with van der Waals surface area (Å²) in [7, 11) is 0.118. The fraction of sp³-hybridized carbons (Fsp3) is 0.750. The molecule has 0 aliphatic rings. The van der Waals surface area contributed by atoms with E-state index in [2.05, 4.69) is 13.5 Å². The van der Waals surface area contributed by atoms with E-state index < -0.39 is 0 Å². The molecule has 0 fully saturated rings. The first-order chi connectivity index (χ1) is 5.35. The molecule has 0 aromatic rings. The number of nitrogens with zero attached hydrogens (tertiary/aromatic N) is 1. The maximum absolute atomic E-state index is 10.5. The van der Waals surface area contributed by atoms with E-state index in [4.69, 9.17) is 0 Å². The molecular weight excluding hydrogens is 157 g/mol. The third kappa shape index (κ3) is 6.21. The van der Waals surface area contributed by atoms with Crippen molar-refractivity contribution in [2.75, 3.05) is 13.1 Å². The van der Waals surface area contributed by atoms with Crippen LogP contribution in [0.1, 0.15) is 26.2 Å². The van der Waals surface area contributed by atoms with Crippen molar-refractivity contribution in [2.45, 2.75) is 26.2 Å². The molecule has 0 N–H and O–H groups in total. The van der Waals surface area contributed by atoms with Crippen LogP contribution in [0.4, 0.5) is 0 Å². The maximum Gasteiger partial charge on any atom is 0.249 e. The second-order valence-electron chi connectivity index (χ2n) is 2.49. The Hall–Kier alpha value is -0.200. The number of hydrogen-bond donors (Lipinski definition) is 0. The molecule has 0 amide bonds. The zero-order valence-electron chi connectivity index (χ0n) is 7.12. The van der Waals surface area contributed by atoms with Gasteiger partial charge in [0.15, 0.2) is 0 Å². The van der Waals surface area contributed by atoms with Crippen molar-refractivity contribution in [1.82, 2.24) is 4.67 Å². The Labute approximate surface area is 70.5 Å². The molecule has 0 radical (unpaired) electrons. The summed E-state index contributed by atoms with van der Waals surface area (Å²) in [6, 6.07) is 0. The summed E-state index contributed by atoms with van der Waals surface area (Å²) in [6.07, 6.45) is 5.32. The predicted molar refractivity (Wildman–Crippen MR) is 48.9 cm³/mol. The van der Waals surface area contributed by atoms with E-state index in [9.17, 15) is 4.57 Å². The van der Waals surface area contributed by atoms with Crippen LogP contribution in [0.3, 0.4) is 0 Å². The summed E-state index contributed by atoms with van der Waals surface area (Å²) >= 11 is 0. The van der Waals surface area contributed by atoms with Crippen molar-refractivity contribution < 1.29 is 4.57 Å². The van der Waals surface area contributed by atoms with Crippen LogP contribution in [0.15, 0.2) is 12.7 Å². The van der Waals surface area contributed by atoms with Gasteiger partial charge in [0.25, 0.3) is 0 Å². The van der Waals surface area contributed by atoms with Crippen molar-refractivity contribution >= 4 is 8.61 Å². The molecule has 0 rings (SSSR count). The topological polar surface area (TPSA) is 20.3 Å². The lowest BCUT2D eigenvalue weighted by Gasteiger charge is -2.09. The Morgan fingerprint density at radius 2 is 2.27 bits per heavy atom. The van der Waals surface area contributed by atoms with Gasteiger partial charge in [0.2, 0.25) is 8.61 Å². The van der Waals surface area contributed by atoms with E-state index in [-0.39, 0.29) is 8.61 Å². The van der Waals surface area contributed by atoms with Crippen molar-refractivity contribution in [3.05, 3.63) is 12.7 Å². The molecule has 3 heteroatoms. The Morgan fingerprint density at radius 3 is 2.73 bits per heavy atom. The number of rotatable bonds is 7. The van der Waals surface area contributed by atoms with Gasteiger partial charge < -0.3 is 0 Å². The molecule has 0 heterocycles. The maximum atomic E-state index is 10.5. The Morgan fingerprint density at radius 1 is 1.55 bits per heavy atom. The summed E-state index contributed by atoms with van der Waals surface area (Å²) < 4.78 is 12.3. The third-order valence-corrected chi connectivity index (χ3v) is 2.07. The highest BCUT2D eigenvalue weighted by atomic mass is 31.1. The molecule has 11 heavy (non-hydrogen) atoms. The molecular formula is C8H16NOP. The smallest absolute Gasteiger partial charge is 0.249 e. The van der Waals surface area contributed by atoms with Gasteiger partial charge in [-0.05, 0) is 6.42 Å². The Bertz CT molecular complexity index is 117. The van der Waals surface area contributed by atoms with Crippen LogP contribution in [-0.4, -0.2) is 17.8 Å². The van der Waals surface area contributed by atoms with E-state index in [1.165, 1.54) is 12.8 Å². The van der Waals surface area contributed by atoms with Crippen LogP contribution in [0.25, 0.3) is 0 Å². The van der Waals surface area contributed by atoms with Crippen molar-refractivity contribution in [1.29, 1.82) is 0 Å². The van der Waals surface area contributed by atoms with Gasteiger partial charge in [-0.15, -0.1) is 6.58 Å². The summed E-state index contributed by atoms with van der Waals surface area (Å²) in [5.74, 6) is 0. The van der Waals surface area contributed by atoms with Crippen LogP contribution < -0.4 is 0 Å². The molecule has 0 bridgehead atoms. The molecule has 0 saturated carbocycles. The zero-order chi connectivity index (χ0) is 8.53. The molecule has 0 aliphatic heterocycles. The lowest BCUT2D eigenvalue weighted by atomic mass is 10.2. The molecule has 0 atom stereocenters. The molecule has 0 unspecified atom stereocenters. The minimum atomic E-state index is 0.118. The largest absolute Gasteiger partial charge is 0.256 e. The quantitative estimate of drug-likeness (QED) is 0.335. The van der Waals surface area contributed by atoms with Crippen molar-refractivity contribution in [3.63, 3.8) is 0 Å². The minimum Gasteiger partial charge on any atom is -0.256 e.